The Kier molecular flexibility index (Phi) is 4.91. The molecule has 1 saturated heterocycles. The molecule has 19 heavy (non-hydrogen) atoms. The van der Waals surface area contributed by atoms with Crippen LogP contribution >= 0.6 is 0 Å². The highest BCUT2D eigenvalue weighted by molar-refractivity contribution is 5.60. The SMILES string of the molecule is CCCOc1cc(N)cc(N2CCCC(CO)C2)c1. The second-order valence-electron chi connectivity index (χ2n) is 5.25. The van der Waals surface area contributed by atoms with Crippen LogP contribution in [0.5, 0.6) is 5.75 Å². The Hall–Kier alpha value is -1.42. The Morgan fingerprint density at radius 2 is 2.26 bits per heavy atom. The van der Waals surface area contributed by atoms with Crippen molar-refractivity contribution in [2.75, 3.05) is 36.9 Å². The van der Waals surface area contributed by atoms with E-state index in [2.05, 4.69) is 11.8 Å². The number of benzene rings is 1. The molecular weight excluding hydrogens is 240 g/mol. The smallest absolute Gasteiger partial charge is 0.123 e. The van der Waals surface area contributed by atoms with Gasteiger partial charge in [0.05, 0.1) is 6.61 Å². The summed E-state index contributed by atoms with van der Waals surface area (Å²) < 4.78 is 5.66. The van der Waals surface area contributed by atoms with Crippen molar-refractivity contribution in [1.29, 1.82) is 0 Å². The highest BCUT2D eigenvalue weighted by Crippen LogP contribution is 2.29. The Morgan fingerprint density at radius 1 is 1.42 bits per heavy atom. The van der Waals surface area contributed by atoms with Gasteiger partial charge in [0.2, 0.25) is 0 Å². The molecule has 0 radical (unpaired) electrons. The van der Waals surface area contributed by atoms with Crippen LogP contribution in [0, 0.1) is 5.92 Å². The molecule has 0 spiro atoms. The lowest BCUT2D eigenvalue weighted by molar-refractivity contribution is 0.208. The normalized spacial score (nSPS) is 19.5. The number of nitrogen functional groups attached to an aromatic ring is 1. The monoisotopic (exact) mass is 264 g/mol. The van der Waals surface area contributed by atoms with Crippen molar-refractivity contribution in [2.45, 2.75) is 26.2 Å². The summed E-state index contributed by atoms with van der Waals surface area (Å²) in [5.74, 6) is 1.21. The third kappa shape index (κ3) is 3.77. The topological polar surface area (TPSA) is 58.7 Å². The molecule has 0 saturated carbocycles. The zero-order valence-electron chi connectivity index (χ0n) is 11.6. The number of hydrogen-bond donors (Lipinski definition) is 2. The minimum Gasteiger partial charge on any atom is -0.493 e. The average Bonchev–Trinajstić information content (AvgIpc) is 2.44. The molecule has 1 heterocycles. The maximum absolute atomic E-state index is 9.30. The summed E-state index contributed by atoms with van der Waals surface area (Å²) in [4.78, 5) is 2.29. The van der Waals surface area contributed by atoms with E-state index >= 15 is 0 Å². The van der Waals surface area contributed by atoms with Crippen LogP contribution < -0.4 is 15.4 Å². The predicted molar refractivity (Wildman–Crippen MR) is 78.7 cm³/mol. The summed E-state index contributed by atoms with van der Waals surface area (Å²) in [7, 11) is 0. The van der Waals surface area contributed by atoms with Crippen LogP contribution in [0.15, 0.2) is 18.2 Å². The summed E-state index contributed by atoms with van der Waals surface area (Å²) in [6.07, 6.45) is 3.21. The van der Waals surface area contributed by atoms with Crippen LogP contribution in [0.3, 0.4) is 0 Å². The van der Waals surface area contributed by atoms with E-state index < -0.39 is 0 Å². The van der Waals surface area contributed by atoms with E-state index in [4.69, 9.17) is 10.5 Å². The molecule has 3 N–H and O–H groups in total. The number of rotatable bonds is 5. The molecule has 1 aromatic carbocycles. The van der Waals surface area contributed by atoms with Gasteiger partial charge in [0.25, 0.3) is 0 Å². The van der Waals surface area contributed by atoms with Gasteiger partial charge in [-0.25, -0.2) is 0 Å². The lowest BCUT2D eigenvalue weighted by Gasteiger charge is -2.34. The summed E-state index contributed by atoms with van der Waals surface area (Å²) in [5, 5.41) is 9.30. The van der Waals surface area contributed by atoms with Gasteiger partial charge in [0.1, 0.15) is 5.75 Å². The van der Waals surface area contributed by atoms with Crippen LogP contribution in [-0.4, -0.2) is 31.4 Å². The minimum absolute atomic E-state index is 0.262. The maximum atomic E-state index is 9.30. The largest absolute Gasteiger partial charge is 0.493 e. The lowest BCUT2D eigenvalue weighted by Crippen LogP contribution is -2.36. The molecule has 1 fully saturated rings. The quantitative estimate of drug-likeness (QED) is 0.801. The van der Waals surface area contributed by atoms with Gasteiger partial charge in [-0.2, -0.15) is 0 Å². The van der Waals surface area contributed by atoms with Gasteiger partial charge in [-0.15, -0.1) is 0 Å². The molecule has 4 nitrogen and oxygen atoms in total. The number of aliphatic hydroxyl groups excluding tert-OH is 1. The Labute approximate surface area is 115 Å². The van der Waals surface area contributed by atoms with Crippen LogP contribution in [-0.2, 0) is 0 Å². The van der Waals surface area contributed by atoms with Gasteiger partial charge < -0.3 is 20.5 Å². The third-order valence-electron chi connectivity index (χ3n) is 3.53. The van der Waals surface area contributed by atoms with E-state index in [-0.39, 0.29) is 6.61 Å². The van der Waals surface area contributed by atoms with Crippen LogP contribution in [0.4, 0.5) is 11.4 Å². The van der Waals surface area contributed by atoms with Crippen LogP contribution in [0.1, 0.15) is 26.2 Å². The molecule has 1 aliphatic heterocycles. The van der Waals surface area contributed by atoms with Gasteiger partial charge in [-0.3, -0.25) is 0 Å². The van der Waals surface area contributed by atoms with E-state index in [1.54, 1.807) is 0 Å². The number of nitrogens with zero attached hydrogens (tertiary/aromatic N) is 1. The highest BCUT2D eigenvalue weighted by Gasteiger charge is 2.20. The van der Waals surface area contributed by atoms with Crippen molar-refractivity contribution in [1.82, 2.24) is 0 Å². The fourth-order valence-electron chi connectivity index (χ4n) is 2.54. The van der Waals surface area contributed by atoms with E-state index in [9.17, 15) is 5.11 Å². The zero-order valence-corrected chi connectivity index (χ0v) is 11.6. The summed E-state index contributed by atoms with van der Waals surface area (Å²) >= 11 is 0. The fourth-order valence-corrected chi connectivity index (χ4v) is 2.54. The molecule has 1 unspecified atom stereocenters. The van der Waals surface area contributed by atoms with Crippen molar-refractivity contribution < 1.29 is 9.84 Å². The maximum Gasteiger partial charge on any atom is 0.123 e. The molecule has 0 bridgehead atoms. The molecule has 0 aromatic heterocycles. The average molecular weight is 264 g/mol. The molecule has 0 amide bonds. The summed E-state index contributed by atoms with van der Waals surface area (Å²) in [6, 6.07) is 5.90. The first kappa shape index (κ1) is 14.0. The standard InChI is InChI=1S/C15H24N2O2/c1-2-6-19-15-8-13(16)7-14(9-15)17-5-3-4-12(10-17)11-18/h7-9,12,18H,2-6,10-11,16H2,1H3. The second-order valence-corrected chi connectivity index (χ2v) is 5.25. The van der Waals surface area contributed by atoms with Crippen molar-refractivity contribution in [3.05, 3.63) is 18.2 Å². The Bertz CT molecular complexity index is 409. The molecule has 0 aliphatic carbocycles. The van der Waals surface area contributed by atoms with Crippen molar-refractivity contribution in [2.24, 2.45) is 5.92 Å². The molecule has 106 valence electrons. The van der Waals surface area contributed by atoms with Crippen molar-refractivity contribution in [3.63, 3.8) is 0 Å². The fraction of sp³-hybridized carbons (Fsp3) is 0.600. The third-order valence-corrected chi connectivity index (χ3v) is 3.53. The van der Waals surface area contributed by atoms with Gasteiger partial charge in [0, 0.05) is 43.2 Å². The van der Waals surface area contributed by atoms with Crippen LogP contribution in [0.2, 0.25) is 0 Å². The first-order chi connectivity index (χ1) is 9.22. The number of piperidine rings is 1. The van der Waals surface area contributed by atoms with E-state index in [0.717, 1.165) is 49.5 Å². The predicted octanol–water partition coefficient (Wildman–Crippen LogP) is 2.27. The molecule has 1 aliphatic rings. The number of hydrogen-bond acceptors (Lipinski definition) is 4. The number of nitrogens with two attached hydrogens (primary N) is 1. The number of aliphatic hydroxyl groups is 1. The summed E-state index contributed by atoms with van der Waals surface area (Å²) in [5.41, 5.74) is 7.78. The van der Waals surface area contributed by atoms with Gasteiger partial charge in [0.15, 0.2) is 0 Å². The molecular formula is C15H24N2O2. The number of ether oxygens (including phenoxy) is 1. The van der Waals surface area contributed by atoms with Gasteiger partial charge >= 0.3 is 0 Å². The highest BCUT2D eigenvalue weighted by atomic mass is 16.5. The van der Waals surface area contributed by atoms with E-state index in [1.165, 1.54) is 0 Å². The van der Waals surface area contributed by atoms with Crippen LogP contribution in [0.25, 0.3) is 0 Å². The van der Waals surface area contributed by atoms with Gasteiger partial charge in [-0.1, -0.05) is 6.92 Å². The molecule has 2 rings (SSSR count). The lowest BCUT2D eigenvalue weighted by atomic mass is 9.98. The zero-order chi connectivity index (χ0) is 13.7. The number of anilines is 2. The first-order valence-electron chi connectivity index (χ1n) is 7.12. The molecule has 1 atom stereocenters. The Balaban J connectivity index is 2.11. The van der Waals surface area contributed by atoms with E-state index in [1.807, 2.05) is 18.2 Å². The van der Waals surface area contributed by atoms with Crippen molar-refractivity contribution in [3.8, 4) is 5.75 Å². The van der Waals surface area contributed by atoms with Crippen molar-refractivity contribution >= 4 is 11.4 Å². The van der Waals surface area contributed by atoms with E-state index in [0.29, 0.717) is 12.5 Å². The second kappa shape index (κ2) is 6.66. The first-order valence-corrected chi connectivity index (χ1v) is 7.12. The van der Waals surface area contributed by atoms with Gasteiger partial charge in [-0.05, 0) is 31.2 Å². The molecule has 4 heteroatoms. The minimum atomic E-state index is 0.262. The Morgan fingerprint density at radius 3 is 3.00 bits per heavy atom. The summed E-state index contributed by atoms with van der Waals surface area (Å²) in [6.45, 7) is 4.98. The molecule has 1 aromatic rings.